The maximum absolute atomic E-state index is 13.0. The molecule has 1 aromatic heterocycles. The second-order valence-corrected chi connectivity index (χ2v) is 8.69. The average molecular weight is 510 g/mol. The molecule has 0 spiro atoms. The Kier molecular flexibility index (Phi) is 8.03. The van der Waals surface area contributed by atoms with E-state index in [0.29, 0.717) is 28.4 Å². The Hall–Kier alpha value is -4.09. The molecule has 2 aromatic carbocycles. The highest BCUT2D eigenvalue weighted by molar-refractivity contribution is 6.30. The first-order chi connectivity index (χ1) is 17.4. The molecule has 2 heterocycles. The van der Waals surface area contributed by atoms with Crippen LogP contribution >= 0.6 is 11.6 Å². The van der Waals surface area contributed by atoms with Gasteiger partial charge in [0.2, 0.25) is 11.8 Å². The fraction of sp³-hybridized carbons (Fsp3) is 0.250. The Bertz CT molecular complexity index is 1260. The zero-order chi connectivity index (χ0) is 25.5. The zero-order valence-electron chi connectivity index (χ0n) is 19.1. The number of amides is 2. The van der Waals surface area contributed by atoms with Crippen LogP contribution in [0.15, 0.2) is 54.9 Å². The average Bonchev–Trinajstić information content (AvgIpc) is 3.57. The number of halogens is 1. The molecule has 1 fully saturated rings. The summed E-state index contributed by atoms with van der Waals surface area (Å²) in [5.41, 5.74) is 1.79. The van der Waals surface area contributed by atoms with E-state index in [4.69, 9.17) is 16.7 Å². The van der Waals surface area contributed by atoms with Crippen molar-refractivity contribution in [2.45, 2.75) is 31.3 Å². The number of carbonyl (C=O) groups is 3. The SMILES string of the molecule is O=C(C=Cc1cc(Cl)ccc1-n1cnnn1)N[C@@H](C[C@@H]1CCCN1)C(=O)Nc1ccc(C(=O)O)cc1. The minimum atomic E-state index is -1.06. The van der Waals surface area contributed by atoms with E-state index in [0.717, 1.165) is 19.4 Å². The predicted octanol–water partition coefficient (Wildman–Crippen LogP) is 2.29. The van der Waals surface area contributed by atoms with Gasteiger partial charge in [0.1, 0.15) is 12.4 Å². The standard InChI is InChI=1S/C24H24ClN7O4/c25-17-6-9-21(32-14-27-30-31-32)16(12-17)5-10-22(33)29-20(13-19-2-1-11-26-19)23(34)28-18-7-3-15(4-8-18)24(35)36/h3-10,12,14,19-20,26H,1-2,11,13H2,(H,28,34)(H,29,33)(H,35,36)/t19-,20-/m0/s1. The molecule has 36 heavy (non-hydrogen) atoms. The topological polar surface area (TPSA) is 151 Å². The van der Waals surface area contributed by atoms with Gasteiger partial charge in [-0.05, 0) is 84.8 Å². The quantitative estimate of drug-likeness (QED) is 0.321. The van der Waals surface area contributed by atoms with Gasteiger partial charge in [-0.1, -0.05) is 11.6 Å². The molecule has 0 bridgehead atoms. The van der Waals surface area contributed by atoms with Crippen molar-refractivity contribution in [3.05, 3.63) is 71.0 Å². The Labute approximate surface area is 211 Å². The fourth-order valence-corrected chi connectivity index (χ4v) is 4.10. The molecule has 0 unspecified atom stereocenters. The van der Waals surface area contributed by atoms with Crippen LogP contribution in [0.25, 0.3) is 11.8 Å². The van der Waals surface area contributed by atoms with Crippen molar-refractivity contribution in [1.29, 1.82) is 0 Å². The first-order valence-electron chi connectivity index (χ1n) is 11.3. The van der Waals surface area contributed by atoms with Gasteiger partial charge in [-0.15, -0.1) is 5.10 Å². The van der Waals surface area contributed by atoms with Crippen LogP contribution in [0.3, 0.4) is 0 Å². The van der Waals surface area contributed by atoms with Crippen LogP contribution < -0.4 is 16.0 Å². The highest BCUT2D eigenvalue weighted by Gasteiger charge is 2.26. The second-order valence-electron chi connectivity index (χ2n) is 8.25. The van der Waals surface area contributed by atoms with Crippen LogP contribution in [0.5, 0.6) is 0 Å². The summed E-state index contributed by atoms with van der Waals surface area (Å²) in [5.74, 6) is -1.91. The maximum atomic E-state index is 13.0. The molecule has 4 rings (SSSR count). The number of nitrogens with zero attached hydrogens (tertiary/aromatic N) is 4. The number of tetrazole rings is 1. The molecule has 2 atom stereocenters. The van der Waals surface area contributed by atoms with Crippen LogP contribution in [-0.2, 0) is 9.59 Å². The van der Waals surface area contributed by atoms with Crippen molar-refractivity contribution >= 4 is 41.1 Å². The van der Waals surface area contributed by atoms with Gasteiger partial charge in [0.05, 0.1) is 11.3 Å². The number of anilines is 1. The molecule has 4 N–H and O–H groups in total. The van der Waals surface area contributed by atoms with Crippen LogP contribution in [0.2, 0.25) is 5.02 Å². The van der Waals surface area contributed by atoms with Gasteiger partial charge in [-0.3, -0.25) is 9.59 Å². The van der Waals surface area contributed by atoms with Gasteiger partial charge in [-0.2, -0.15) is 4.68 Å². The number of aromatic nitrogens is 4. The highest BCUT2D eigenvalue weighted by Crippen LogP contribution is 2.20. The smallest absolute Gasteiger partial charge is 0.335 e. The molecule has 186 valence electrons. The number of rotatable bonds is 9. The van der Waals surface area contributed by atoms with Gasteiger partial charge in [0, 0.05) is 28.4 Å². The van der Waals surface area contributed by atoms with Crippen LogP contribution in [0.1, 0.15) is 35.2 Å². The first-order valence-corrected chi connectivity index (χ1v) is 11.7. The molecular weight excluding hydrogens is 486 g/mol. The monoisotopic (exact) mass is 509 g/mol. The van der Waals surface area contributed by atoms with Gasteiger partial charge in [0.15, 0.2) is 0 Å². The summed E-state index contributed by atoms with van der Waals surface area (Å²) < 4.78 is 1.45. The number of nitrogens with one attached hydrogen (secondary N) is 3. The number of aromatic carboxylic acids is 1. The van der Waals surface area contributed by atoms with Crippen LogP contribution in [0, 0.1) is 0 Å². The minimum Gasteiger partial charge on any atom is -0.478 e. The zero-order valence-corrected chi connectivity index (χ0v) is 19.9. The molecule has 1 aliphatic heterocycles. The summed E-state index contributed by atoms with van der Waals surface area (Å²) in [6.07, 6.45) is 6.64. The Morgan fingerprint density at radius 2 is 2.03 bits per heavy atom. The van der Waals surface area contributed by atoms with Crippen molar-refractivity contribution in [1.82, 2.24) is 30.8 Å². The Balaban J connectivity index is 1.47. The molecule has 1 saturated heterocycles. The van der Waals surface area contributed by atoms with E-state index in [1.807, 2.05) is 0 Å². The predicted molar refractivity (Wildman–Crippen MR) is 133 cm³/mol. The molecule has 2 amide bonds. The summed E-state index contributed by atoms with van der Waals surface area (Å²) in [6.45, 7) is 0.859. The van der Waals surface area contributed by atoms with Gasteiger partial charge in [-0.25, -0.2) is 4.79 Å². The Morgan fingerprint density at radius 1 is 1.22 bits per heavy atom. The van der Waals surface area contributed by atoms with E-state index >= 15 is 0 Å². The summed E-state index contributed by atoms with van der Waals surface area (Å²) in [5, 5.41) is 29.5. The van der Waals surface area contributed by atoms with Crippen molar-refractivity contribution in [3.63, 3.8) is 0 Å². The number of hydrogen-bond acceptors (Lipinski definition) is 7. The normalized spacial score (nSPS) is 16.1. The second kappa shape index (κ2) is 11.6. The molecule has 0 aliphatic carbocycles. The molecular formula is C24H24ClN7O4. The summed E-state index contributed by atoms with van der Waals surface area (Å²) in [6, 6.07) is 10.2. The lowest BCUT2D eigenvalue weighted by Crippen LogP contribution is -2.46. The summed E-state index contributed by atoms with van der Waals surface area (Å²) in [4.78, 5) is 36.9. The number of carbonyl (C=O) groups excluding carboxylic acids is 2. The third-order valence-electron chi connectivity index (χ3n) is 5.71. The number of carboxylic acids is 1. The van der Waals surface area contributed by atoms with Crippen molar-refractivity contribution in [2.24, 2.45) is 0 Å². The van der Waals surface area contributed by atoms with Gasteiger partial charge in [0.25, 0.3) is 0 Å². The molecule has 1 aliphatic rings. The van der Waals surface area contributed by atoms with E-state index < -0.39 is 23.8 Å². The van der Waals surface area contributed by atoms with Crippen LogP contribution in [-0.4, -0.2) is 61.7 Å². The van der Waals surface area contributed by atoms with Crippen LogP contribution in [0.4, 0.5) is 5.69 Å². The number of carboxylic acid groups (broad SMARTS) is 1. The van der Waals surface area contributed by atoms with E-state index in [1.165, 1.54) is 41.4 Å². The number of benzene rings is 2. The summed E-state index contributed by atoms with van der Waals surface area (Å²) in [7, 11) is 0. The molecule has 11 nitrogen and oxygen atoms in total. The molecule has 12 heteroatoms. The van der Waals surface area contributed by atoms with Gasteiger partial charge < -0.3 is 21.1 Å². The maximum Gasteiger partial charge on any atom is 0.335 e. The van der Waals surface area contributed by atoms with Crippen molar-refractivity contribution in [3.8, 4) is 5.69 Å². The lowest BCUT2D eigenvalue weighted by molar-refractivity contribution is -0.124. The third kappa shape index (κ3) is 6.52. The first kappa shape index (κ1) is 25.0. The fourth-order valence-electron chi connectivity index (χ4n) is 3.92. The Morgan fingerprint density at radius 3 is 2.69 bits per heavy atom. The van der Waals surface area contributed by atoms with Crippen molar-refractivity contribution in [2.75, 3.05) is 11.9 Å². The molecule has 0 saturated carbocycles. The lowest BCUT2D eigenvalue weighted by atomic mass is 10.0. The lowest BCUT2D eigenvalue weighted by Gasteiger charge is -2.21. The van der Waals surface area contributed by atoms with E-state index in [2.05, 4.69) is 31.5 Å². The van der Waals surface area contributed by atoms with Crippen molar-refractivity contribution < 1.29 is 19.5 Å². The van der Waals surface area contributed by atoms with E-state index in [9.17, 15) is 14.4 Å². The van der Waals surface area contributed by atoms with E-state index in [-0.39, 0.29) is 11.6 Å². The third-order valence-corrected chi connectivity index (χ3v) is 5.95. The van der Waals surface area contributed by atoms with Gasteiger partial charge >= 0.3 is 5.97 Å². The highest BCUT2D eigenvalue weighted by atomic mass is 35.5. The minimum absolute atomic E-state index is 0.0961. The molecule has 0 radical (unpaired) electrons. The largest absolute Gasteiger partial charge is 0.478 e. The summed E-state index contributed by atoms with van der Waals surface area (Å²) >= 11 is 6.13. The molecule has 3 aromatic rings. The number of hydrogen-bond donors (Lipinski definition) is 4. The van der Waals surface area contributed by atoms with E-state index in [1.54, 1.807) is 24.3 Å².